The Morgan fingerprint density at radius 2 is 1.78 bits per heavy atom. The molecule has 0 atom stereocenters. The summed E-state index contributed by atoms with van der Waals surface area (Å²) in [4.78, 5) is 0. The second kappa shape index (κ2) is 6.85. The van der Waals surface area contributed by atoms with Crippen LogP contribution in [0.1, 0.15) is 31.9 Å². The number of hydrogen-bond donors (Lipinski definition) is 1. The Labute approximate surface area is 140 Å². The summed E-state index contributed by atoms with van der Waals surface area (Å²) in [5.41, 5.74) is 10.0. The molecule has 0 fully saturated rings. The maximum atomic E-state index is 14.4. The Morgan fingerprint density at radius 1 is 1.09 bits per heavy atom. The summed E-state index contributed by atoms with van der Waals surface area (Å²) in [7, 11) is -0.828. The molecular formula is C19H25FNOSi. The molecule has 2 aromatic carbocycles. The molecule has 1 radical (unpaired) electrons. The van der Waals surface area contributed by atoms with Crippen LogP contribution in [0.5, 0.6) is 0 Å². The van der Waals surface area contributed by atoms with E-state index in [4.69, 9.17) is 10.2 Å². The molecule has 0 saturated heterocycles. The van der Waals surface area contributed by atoms with Gasteiger partial charge in [-0.15, -0.1) is 0 Å². The Kier molecular flexibility index (Phi) is 5.27. The largest absolute Gasteiger partial charge is 0.413 e. The molecule has 2 N–H and O–H groups in total. The van der Waals surface area contributed by atoms with E-state index in [2.05, 4.69) is 39.9 Å². The summed E-state index contributed by atoms with van der Waals surface area (Å²) in [5, 5.41) is 0. The van der Waals surface area contributed by atoms with Crippen molar-refractivity contribution in [2.45, 2.75) is 45.9 Å². The first kappa shape index (κ1) is 17.7. The first-order valence-electron chi connectivity index (χ1n) is 7.81. The van der Waals surface area contributed by atoms with Gasteiger partial charge in [-0.05, 0) is 53.4 Å². The molecule has 0 aliphatic rings. The molecule has 0 bridgehead atoms. The van der Waals surface area contributed by atoms with Gasteiger partial charge in [0.15, 0.2) is 0 Å². The summed E-state index contributed by atoms with van der Waals surface area (Å²) in [6.45, 7) is 11.2. The molecule has 0 spiro atoms. The number of rotatable bonds is 4. The van der Waals surface area contributed by atoms with Crippen LogP contribution in [-0.2, 0) is 16.4 Å². The molecule has 0 heterocycles. The van der Waals surface area contributed by atoms with Gasteiger partial charge in [0.2, 0.25) is 9.04 Å². The Bertz CT molecular complexity index is 692. The van der Waals surface area contributed by atoms with Crippen molar-refractivity contribution < 1.29 is 8.82 Å². The van der Waals surface area contributed by atoms with Crippen molar-refractivity contribution >= 4 is 14.7 Å². The maximum absolute atomic E-state index is 14.4. The lowest BCUT2D eigenvalue weighted by Gasteiger charge is -2.26. The highest BCUT2D eigenvalue weighted by Crippen LogP contribution is 2.35. The first-order chi connectivity index (χ1) is 10.7. The van der Waals surface area contributed by atoms with E-state index in [9.17, 15) is 4.39 Å². The molecular weight excluding hydrogens is 305 g/mol. The molecule has 0 aliphatic heterocycles. The van der Waals surface area contributed by atoms with Crippen molar-refractivity contribution in [1.29, 1.82) is 0 Å². The van der Waals surface area contributed by atoms with Crippen LogP contribution in [0, 0.1) is 5.82 Å². The van der Waals surface area contributed by atoms with Crippen LogP contribution in [-0.4, -0.2) is 9.04 Å². The van der Waals surface area contributed by atoms with Crippen LogP contribution in [0.3, 0.4) is 0 Å². The smallest absolute Gasteiger partial charge is 0.205 e. The highest BCUT2D eigenvalue weighted by atomic mass is 28.3. The first-order valence-corrected chi connectivity index (χ1v) is 10.2. The number of benzene rings is 2. The highest BCUT2D eigenvalue weighted by Gasteiger charge is 2.22. The SMILES string of the molecule is C[Si](C)OCc1c(-c2cc(N)ccc2F)cccc1C(C)(C)C. The van der Waals surface area contributed by atoms with Crippen molar-refractivity contribution in [2.24, 2.45) is 0 Å². The van der Waals surface area contributed by atoms with Gasteiger partial charge in [-0.2, -0.15) is 0 Å². The normalized spacial score (nSPS) is 12.0. The molecule has 23 heavy (non-hydrogen) atoms. The lowest BCUT2D eigenvalue weighted by atomic mass is 9.81. The topological polar surface area (TPSA) is 35.2 Å². The second-order valence-corrected chi connectivity index (χ2v) is 9.12. The van der Waals surface area contributed by atoms with Crippen LogP contribution in [0.2, 0.25) is 13.1 Å². The molecule has 2 nitrogen and oxygen atoms in total. The zero-order valence-electron chi connectivity index (χ0n) is 14.5. The van der Waals surface area contributed by atoms with Crippen LogP contribution < -0.4 is 5.73 Å². The van der Waals surface area contributed by atoms with Gasteiger partial charge >= 0.3 is 0 Å². The molecule has 4 heteroatoms. The van der Waals surface area contributed by atoms with Gasteiger partial charge in [0.25, 0.3) is 0 Å². The van der Waals surface area contributed by atoms with E-state index in [0.717, 1.165) is 11.1 Å². The monoisotopic (exact) mass is 330 g/mol. The Morgan fingerprint density at radius 3 is 2.39 bits per heavy atom. The van der Waals surface area contributed by atoms with E-state index in [0.29, 0.717) is 17.9 Å². The minimum Gasteiger partial charge on any atom is -0.413 e. The van der Waals surface area contributed by atoms with Gasteiger partial charge in [0, 0.05) is 11.3 Å². The van der Waals surface area contributed by atoms with E-state index < -0.39 is 9.04 Å². The van der Waals surface area contributed by atoms with Crippen molar-refractivity contribution in [3.05, 3.63) is 53.3 Å². The molecule has 0 amide bonds. The molecule has 2 aromatic rings. The Balaban J connectivity index is 2.64. The van der Waals surface area contributed by atoms with Gasteiger partial charge in [-0.1, -0.05) is 39.0 Å². The zero-order chi connectivity index (χ0) is 17.2. The van der Waals surface area contributed by atoms with E-state index in [1.54, 1.807) is 12.1 Å². The quantitative estimate of drug-likeness (QED) is 0.622. The van der Waals surface area contributed by atoms with E-state index in [-0.39, 0.29) is 11.2 Å². The average molecular weight is 330 g/mol. The van der Waals surface area contributed by atoms with Crippen LogP contribution >= 0.6 is 0 Å². The molecule has 0 saturated carbocycles. The molecule has 123 valence electrons. The summed E-state index contributed by atoms with van der Waals surface area (Å²) < 4.78 is 20.3. The lowest BCUT2D eigenvalue weighted by molar-refractivity contribution is 0.311. The van der Waals surface area contributed by atoms with E-state index in [1.807, 2.05) is 12.1 Å². The zero-order valence-corrected chi connectivity index (χ0v) is 15.5. The fraction of sp³-hybridized carbons (Fsp3) is 0.368. The molecule has 2 rings (SSSR count). The minimum atomic E-state index is -0.828. The lowest BCUT2D eigenvalue weighted by Crippen LogP contribution is -2.17. The second-order valence-electron chi connectivity index (χ2n) is 7.02. The predicted molar refractivity (Wildman–Crippen MR) is 97.2 cm³/mol. The number of anilines is 1. The predicted octanol–water partition coefficient (Wildman–Crippen LogP) is 5.14. The third kappa shape index (κ3) is 4.21. The van der Waals surface area contributed by atoms with Gasteiger partial charge < -0.3 is 10.2 Å². The molecule has 0 aromatic heterocycles. The minimum absolute atomic E-state index is 0.0418. The number of nitrogens with two attached hydrogens (primary N) is 1. The maximum Gasteiger partial charge on any atom is 0.205 e. The van der Waals surface area contributed by atoms with Gasteiger partial charge in [0.05, 0.1) is 6.61 Å². The molecule has 0 unspecified atom stereocenters. The van der Waals surface area contributed by atoms with Gasteiger partial charge in [-0.3, -0.25) is 0 Å². The average Bonchev–Trinajstić information content (AvgIpc) is 2.46. The van der Waals surface area contributed by atoms with Gasteiger partial charge in [0.1, 0.15) is 5.82 Å². The van der Waals surface area contributed by atoms with Crippen molar-refractivity contribution in [2.75, 3.05) is 5.73 Å². The third-order valence-electron chi connectivity index (χ3n) is 3.77. The number of nitrogen functional groups attached to an aromatic ring is 1. The summed E-state index contributed by atoms with van der Waals surface area (Å²) in [6, 6.07) is 10.7. The van der Waals surface area contributed by atoms with Crippen LogP contribution in [0.25, 0.3) is 11.1 Å². The fourth-order valence-electron chi connectivity index (χ4n) is 2.66. The highest BCUT2D eigenvalue weighted by molar-refractivity contribution is 6.48. The van der Waals surface area contributed by atoms with Crippen LogP contribution in [0.4, 0.5) is 10.1 Å². The standard InChI is InChI=1S/C19H25FNOSi/c1-19(2,3)17-8-6-7-14(16(17)12-22-23(4)5)15-11-13(21)9-10-18(15)20/h6-11H,12,21H2,1-5H3. The number of halogens is 1. The summed E-state index contributed by atoms with van der Waals surface area (Å²) in [6.07, 6.45) is 0. The van der Waals surface area contributed by atoms with Crippen molar-refractivity contribution in [3.63, 3.8) is 0 Å². The van der Waals surface area contributed by atoms with E-state index in [1.165, 1.54) is 11.6 Å². The number of hydrogen-bond acceptors (Lipinski definition) is 2. The summed E-state index contributed by atoms with van der Waals surface area (Å²) in [5.74, 6) is -0.259. The molecule has 0 aliphatic carbocycles. The van der Waals surface area contributed by atoms with Crippen LogP contribution in [0.15, 0.2) is 36.4 Å². The summed E-state index contributed by atoms with van der Waals surface area (Å²) >= 11 is 0. The van der Waals surface area contributed by atoms with E-state index >= 15 is 0 Å². The fourth-order valence-corrected chi connectivity index (χ4v) is 3.10. The van der Waals surface area contributed by atoms with Crippen molar-refractivity contribution in [3.8, 4) is 11.1 Å². The third-order valence-corrected chi connectivity index (χ3v) is 4.49. The Hall–Kier alpha value is -1.65. The van der Waals surface area contributed by atoms with Gasteiger partial charge in [-0.25, -0.2) is 4.39 Å². The van der Waals surface area contributed by atoms with Crippen molar-refractivity contribution in [1.82, 2.24) is 0 Å².